The van der Waals surface area contributed by atoms with Crippen LogP contribution in [-0.4, -0.2) is 38.9 Å². The molecule has 4 aliphatic carbocycles. The zero-order valence-corrected chi connectivity index (χ0v) is 23.0. The van der Waals surface area contributed by atoms with Gasteiger partial charge >= 0.3 is 5.69 Å². The number of rotatable bonds is 10. The number of benzene rings is 1. The molecule has 4 bridgehead atoms. The number of piperidine rings is 1. The van der Waals surface area contributed by atoms with E-state index >= 15 is 0 Å². The summed E-state index contributed by atoms with van der Waals surface area (Å²) in [5.74, 6) is 2.11. The van der Waals surface area contributed by atoms with Crippen LogP contribution in [0.15, 0.2) is 23.0 Å². The van der Waals surface area contributed by atoms with Crippen LogP contribution in [-0.2, 0) is 28.0 Å². The minimum Gasteiger partial charge on any atom is -0.352 e. The predicted octanol–water partition coefficient (Wildman–Crippen LogP) is 3.05. The minimum absolute atomic E-state index is 0.00986. The molecule has 5 aliphatic rings. The summed E-state index contributed by atoms with van der Waals surface area (Å²) in [4.78, 5) is 49.7. The van der Waals surface area contributed by atoms with E-state index in [1.54, 1.807) is 7.05 Å². The van der Waals surface area contributed by atoms with E-state index in [1.165, 1.54) is 47.7 Å². The van der Waals surface area contributed by atoms with Crippen molar-refractivity contribution in [2.45, 2.75) is 95.2 Å². The number of para-hydroxylation sites is 1. The first kappa shape index (κ1) is 26.3. The number of nitrogens with zero attached hydrogens (tertiary/aromatic N) is 2. The number of imide groups is 1. The fraction of sp³-hybridized carbons (Fsp3) is 0.667. The molecule has 1 unspecified atom stereocenters. The molecule has 1 aromatic carbocycles. The Bertz CT molecular complexity index is 1310. The third-order valence-corrected chi connectivity index (χ3v) is 9.80. The highest BCUT2D eigenvalue weighted by Crippen LogP contribution is 2.55. The summed E-state index contributed by atoms with van der Waals surface area (Å²) < 4.78 is 3.00. The van der Waals surface area contributed by atoms with Gasteiger partial charge in [0, 0.05) is 32.0 Å². The number of unbranched alkanes of at least 4 members (excludes halogenated alkanes) is 2. The van der Waals surface area contributed by atoms with Gasteiger partial charge in [0.1, 0.15) is 6.04 Å². The van der Waals surface area contributed by atoms with Crippen molar-refractivity contribution < 1.29 is 14.4 Å². The molecule has 5 fully saturated rings. The van der Waals surface area contributed by atoms with Crippen LogP contribution in [0.4, 0.5) is 0 Å². The monoisotopic (exact) mass is 535 g/mol. The predicted molar refractivity (Wildman–Crippen MR) is 148 cm³/mol. The van der Waals surface area contributed by atoms with Gasteiger partial charge in [0.25, 0.3) is 0 Å². The first-order chi connectivity index (χ1) is 18.8. The van der Waals surface area contributed by atoms with Crippen molar-refractivity contribution in [3.63, 3.8) is 0 Å². The van der Waals surface area contributed by atoms with Gasteiger partial charge in [-0.3, -0.25) is 28.8 Å². The van der Waals surface area contributed by atoms with Gasteiger partial charge in [-0.05, 0) is 93.7 Å². The van der Waals surface area contributed by atoms with E-state index in [0.29, 0.717) is 36.0 Å². The van der Waals surface area contributed by atoms with Crippen molar-refractivity contribution in [1.29, 1.82) is 0 Å². The topological polar surface area (TPSA) is 114 Å². The Morgan fingerprint density at radius 3 is 2.44 bits per heavy atom. The number of hydrogen-bond acceptors (Lipinski definition) is 5. The van der Waals surface area contributed by atoms with Crippen LogP contribution in [0.1, 0.15) is 88.7 Å². The standard InChI is InChI=1S/C30H41N5O4/c1-34-27-22(6-5-7-23(27)35(29(34)39)24-9-10-26(37)33-28(24)38)18-31-25(36)8-3-2-4-11-32-30-15-19-12-20(16-30)14-21(13-19)17-30/h5-7,19-21,24,32H,2-4,8-18H2,1H3,(H,31,36)(H,33,37,38). The first-order valence-corrected chi connectivity index (χ1v) is 14.9. The second kappa shape index (κ2) is 10.6. The smallest absolute Gasteiger partial charge is 0.329 e. The minimum atomic E-state index is -0.721. The van der Waals surface area contributed by atoms with Crippen LogP contribution in [0.5, 0.6) is 0 Å². The lowest BCUT2D eigenvalue weighted by molar-refractivity contribution is -0.135. The van der Waals surface area contributed by atoms with Crippen LogP contribution in [0, 0.1) is 17.8 Å². The summed E-state index contributed by atoms with van der Waals surface area (Å²) >= 11 is 0. The molecule has 39 heavy (non-hydrogen) atoms. The van der Waals surface area contributed by atoms with Crippen molar-refractivity contribution in [3.05, 3.63) is 34.2 Å². The molecule has 4 saturated carbocycles. The molecule has 1 aromatic heterocycles. The number of hydrogen-bond donors (Lipinski definition) is 3. The molecule has 7 rings (SSSR count). The molecular formula is C30H41N5O4. The lowest BCUT2D eigenvalue weighted by Crippen LogP contribution is -2.58. The maximum atomic E-state index is 13.1. The van der Waals surface area contributed by atoms with Gasteiger partial charge < -0.3 is 10.6 Å². The summed E-state index contributed by atoms with van der Waals surface area (Å²) in [5.41, 5.74) is 2.26. The summed E-state index contributed by atoms with van der Waals surface area (Å²) in [6.07, 6.45) is 12.5. The lowest BCUT2D eigenvalue weighted by Gasteiger charge is -2.57. The summed E-state index contributed by atoms with van der Waals surface area (Å²) in [5, 5.41) is 9.30. The van der Waals surface area contributed by atoms with Crippen LogP contribution in [0.3, 0.4) is 0 Å². The highest BCUT2D eigenvalue weighted by Gasteiger charge is 2.50. The molecule has 1 atom stereocenters. The van der Waals surface area contributed by atoms with Crippen LogP contribution >= 0.6 is 0 Å². The zero-order chi connectivity index (χ0) is 27.1. The van der Waals surface area contributed by atoms with Gasteiger partial charge in [-0.25, -0.2) is 4.79 Å². The number of aryl methyl sites for hydroxylation is 1. The molecule has 9 heteroatoms. The number of fused-ring (bicyclic) bond motifs is 1. The molecule has 210 valence electrons. The fourth-order valence-electron chi connectivity index (χ4n) is 8.44. The van der Waals surface area contributed by atoms with E-state index in [-0.39, 0.29) is 23.9 Å². The second-order valence-electron chi connectivity index (χ2n) is 12.7. The number of carbonyl (C=O) groups is 3. The molecule has 2 aromatic rings. The van der Waals surface area contributed by atoms with Crippen molar-refractivity contribution in [1.82, 2.24) is 25.1 Å². The van der Waals surface area contributed by atoms with Gasteiger partial charge in [-0.15, -0.1) is 0 Å². The molecule has 3 amide bonds. The van der Waals surface area contributed by atoms with Crippen molar-refractivity contribution in [3.8, 4) is 0 Å². The molecule has 0 radical (unpaired) electrons. The first-order valence-electron chi connectivity index (χ1n) is 14.9. The quantitative estimate of drug-likeness (QED) is 0.320. The zero-order valence-electron chi connectivity index (χ0n) is 23.0. The van der Waals surface area contributed by atoms with Gasteiger partial charge in [-0.2, -0.15) is 0 Å². The van der Waals surface area contributed by atoms with Gasteiger partial charge in [0.05, 0.1) is 11.0 Å². The Labute approximate surface area is 229 Å². The number of aromatic nitrogens is 2. The van der Waals surface area contributed by atoms with E-state index in [2.05, 4.69) is 16.0 Å². The molecule has 1 aliphatic heterocycles. The summed E-state index contributed by atoms with van der Waals surface area (Å²) in [7, 11) is 1.68. The Morgan fingerprint density at radius 1 is 1.03 bits per heavy atom. The lowest BCUT2D eigenvalue weighted by atomic mass is 9.53. The van der Waals surface area contributed by atoms with Crippen molar-refractivity contribution in [2.75, 3.05) is 6.54 Å². The number of amides is 3. The van der Waals surface area contributed by atoms with Gasteiger partial charge in [0.15, 0.2) is 0 Å². The molecule has 1 saturated heterocycles. The summed E-state index contributed by atoms with van der Waals surface area (Å²) in [6.45, 7) is 1.37. The van der Waals surface area contributed by atoms with E-state index < -0.39 is 11.9 Å². The average molecular weight is 536 g/mol. The van der Waals surface area contributed by atoms with Crippen molar-refractivity contribution >= 4 is 28.8 Å². The Morgan fingerprint density at radius 2 is 1.74 bits per heavy atom. The second-order valence-corrected chi connectivity index (χ2v) is 12.7. The van der Waals surface area contributed by atoms with E-state index in [1.807, 2.05) is 18.2 Å². The highest BCUT2D eigenvalue weighted by molar-refractivity contribution is 6.00. The molecule has 2 heterocycles. The fourth-order valence-corrected chi connectivity index (χ4v) is 8.44. The summed E-state index contributed by atoms with van der Waals surface area (Å²) in [6, 6.07) is 4.82. The number of nitrogens with one attached hydrogen (secondary N) is 3. The normalized spacial score (nSPS) is 29.7. The van der Waals surface area contributed by atoms with Crippen LogP contribution in [0.25, 0.3) is 11.0 Å². The van der Waals surface area contributed by atoms with Crippen LogP contribution < -0.4 is 21.6 Å². The van der Waals surface area contributed by atoms with E-state index in [9.17, 15) is 19.2 Å². The highest BCUT2D eigenvalue weighted by atomic mass is 16.2. The number of carbonyl (C=O) groups excluding carboxylic acids is 3. The average Bonchev–Trinajstić information content (AvgIpc) is 3.14. The Balaban J connectivity index is 0.985. The maximum Gasteiger partial charge on any atom is 0.329 e. The van der Waals surface area contributed by atoms with Crippen molar-refractivity contribution in [2.24, 2.45) is 24.8 Å². The number of imidazole rings is 1. The molecule has 0 spiro atoms. The molecular weight excluding hydrogens is 494 g/mol. The van der Waals surface area contributed by atoms with Gasteiger partial charge in [-0.1, -0.05) is 18.6 Å². The molecule has 3 N–H and O–H groups in total. The Kier molecular flexibility index (Phi) is 7.12. The maximum absolute atomic E-state index is 13.1. The van der Waals surface area contributed by atoms with Crippen LogP contribution in [0.2, 0.25) is 0 Å². The third kappa shape index (κ3) is 5.17. The largest absolute Gasteiger partial charge is 0.352 e. The SMILES string of the molecule is Cn1c(=O)n(C2CCC(=O)NC2=O)c2cccc(CNC(=O)CCCCCNC34CC5CC(CC(C5)C3)C4)c21. The van der Waals surface area contributed by atoms with Gasteiger partial charge in [0.2, 0.25) is 17.7 Å². The van der Waals surface area contributed by atoms with E-state index in [4.69, 9.17) is 0 Å². The molecule has 9 nitrogen and oxygen atoms in total. The Hall–Kier alpha value is -2.94. The van der Waals surface area contributed by atoms with E-state index in [0.717, 1.165) is 49.1 Å². The third-order valence-electron chi connectivity index (χ3n) is 9.80.